The van der Waals surface area contributed by atoms with Crippen LogP contribution in [0.1, 0.15) is 28.1 Å². The lowest BCUT2D eigenvalue weighted by molar-refractivity contribution is -0.108. The van der Waals surface area contributed by atoms with Crippen molar-refractivity contribution in [2.45, 2.75) is 19.6 Å². The average molecular weight is 263 g/mol. The van der Waals surface area contributed by atoms with Crippen molar-refractivity contribution >= 4 is 11.3 Å². The zero-order chi connectivity index (χ0) is 13.0. The number of aryl methyl sites for hydroxylation is 1. The molecule has 0 N–H and O–H groups in total. The number of hydrogen-bond acceptors (Lipinski definition) is 4. The highest BCUT2D eigenvalue weighted by Gasteiger charge is 2.13. The van der Waals surface area contributed by atoms with Crippen LogP contribution in [0.15, 0.2) is 29.6 Å². The standard InChI is InChI=1S/C14H17NO2S/c1-10-6-4-5-7-11(10)8-13-15-12(9-18-13)14(16-2)17-3/h4-7,9,14H,8H2,1-3H3. The molecule has 2 aromatic rings. The number of hydrogen-bond donors (Lipinski definition) is 0. The highest BCUT2D eigenvalue weighted by molar-refractivity contribution is 7.09. The van der Waals surface area contributed by atoms with E-state index in [0.717, 1.165) is 17.1 Å². The molecule has 0 radical (unpaired) electrons. The Balaban J connectivity index is 2.14. The van der Waals surface area contributed by atoms with E-state index in [9.17, 15) is 0 Å². The number of nitrogens with zero attached hydrogens (tertiary/aromatic N) is 1. The first-order valence-corrected chi connectivity index (χ1v) is 6.67. The predicted octanol–water partition coefficient (Wildman–Crippen LogP) is 3.33. The van der Waals surface area contributed by atoms with Crippen molar-refractivity contribution < 1.29 is 9.47 Å². The summed E-state index contributed by atoms with van der Waals surface area (Å²) in [7, 11) is 3.24. The quantitative estimate of drug-likeness (QED) is 0.775. The Morgan fingerprint density at radius 2 is 1.94 bits per heavy atom. The number of aromatic nitrogens is 1. The summed E-state index contributed by atoms with van der Waals surface area (Å²) >= 11 is 1.64. The number of rotatable bonds is 5. The topological polar surface area (TPSA) is 31.4 Å². The molecule has 0 bridgehead atoms. The van der Waals surface area contributed by atoms with Gasteiger partial charge in [-0.15, -0.1) is 11.3 Å². The molecule has 1 aromatic carbocycles. The third-order valence-electron chi connectivity index (χ3n) is 2.84. The lowest BCUT2D eigenvalue weighted by Gasteiger charge is -2.09. The summed E-state index contributed by atoms with van der Waals surface area (Å²) in [4.78, 5) is 4.56. The fraction of sp³-hybridized carbons (Fsp3) is 0.357. The summed E-state index contributed by atoms with van der Waals surface area (Å²) in [6.07, 6.45) is 0.490. The Labute approximate surface area is 111 Å². The molecule has 0 fully saturated rings. The molecule has 1 aromatic heterocycles. The van der Waals surface area contributed by atoms with Crippen molar-refractivity contribution in [1.29, 1.82) is 0 Å². The van der Waals surface area contributed by atoms with E-state index in [4.69, 9.17) is 9.47 Å². The molecule has 2 rings (SSSR count). The Kier molecular flexibility index (Phi) is 4.47. The first-order valence-electron chi connectivity index (χ1n) is 5.79. The fourth-order valence-electron chi connectivity index (χ4n) is 1.82. The SMILES string of the molecule is COC(OC)c1csc(Cc2ccccc2C)n1. The second kappa shape index (κ2) is 6.09. The van der Waals surface area contributed by atoms with E-state index in [2.05, 4.69) is 36.2 Å². The predicted molar refractivity (Wildman–Crippen MR) is 72.9 cm³/mol. The second-order valence-electron chi connectivity index (χ2n) is 4.07. The molecule has 0 saturated heterocycles. The summed E-state index contributed by atoms with van der Waals surface area (Å²) < 4.78 is 10.4. The van der Waals surface area contributed by atoms with E-state index in [0.29, 0.717) is 0 Å². The first-order chi connectivity index (χ1) is 8.74. The van der Waals surface area contributed by atoms with Gasteiger partial charge in [0.25, 0.3) is 0 Å². The Morgan fingerprint density at radius 3 is 2.61 bits per heavy atom. The molecular weight excluding hydrogens is 246 g/mol. The van der Waals surface area contributed by atoms with Gasteiger partial charge in [0, 0.05) is 26.0 Å². The largest absolute Gasteiger partial charge is 0.350 e. The van der Waals surface area contributed by atoms with Gasteiger partial charge in [0.15, 0.2) is 0 Å². The molecule has 0 aliphatic heterocycles. The number of thiazole rings is 1. The third kappa shape index (κ3) is 2.96. The van der Waals surface area contributed by atoms with E-state index in [1.807, 2.05) is 5.38 Å². The molecular formula is C14H17NO2S. The molecule has 96 valence electrons. The maximum atomic E-state index is 5.19. The minimum absolute atomic E-state index is 0.369. The Morgan fingerprint density at radius 1 is 1.22 bits per heavy atom. The van der Waals surface area contributed by atoms with Gasteiger partial charge >= 0.3 is 0 Å². The van der Waals surface area contributed by atoms with Crippen LogP contribution in [-0.2, 0) is 15.9 Å². The van der Waals surface area contributed by atoms with Crippen LogP contribution in [0.5, 0.6) is 0 Å². The van der Waals surface area contributed by atoms with E-state index >= 15 is 0 Å². The van der Waals surface area contributed by atoms with E-state index < -0.39 is 0 Å². The Hall–Kier alpha value is -1.23. The van der Waals surface area contributed by atoms with Crippen LogP contribution in [0, 0.1) is 6.92 Å². The summed E-state index contributed by atoms with van der Waals surface area (Å²) in [5.74, 6) is 0. The maximum Gasteiger partial charge on any atom is 0.201 e. The monoisotopic (exact) mass is 263 g/mol. The van der Waals surface area contributed by atoms with E-state index in [1.165, 1.54) is 11.1 Å². The van der Waals surface area contributed by atoms with Gasteiger partial charge in [-0.25, -0.2) is 4.98 Å². The van der Waals surface area contributed by atoms with Gasteiger partial charge in [0.1, 0.15) is 5.69 Å². The van der Waals surface area contributed by atoms with Crippen molar-refractivity contribution in [1.82, 2.24) is 4.98 Å². The van der Waals surface area contributed by atoms with Gasteiger partial charge in [-0.05, 0) is 18.1 Å². The van der Waals surface area contributed by atoms with Gasteiger partial charge in [0.05, 0.1) is 5.01 Å². The van der Waals surface area contributed by atoms with Crippen molar-refractivity contribution in [3.8, 4) is 0 Å². The molecule has 1 heterocycles. The van der Waals surface area contributed by atoms with Crippen LogP contribution >= 0.6 is 11.3 Å². The third-order valence-corrected chi connectivity index (χ3v) is 3.71. The number of ether oxygens (including phenoxy) is 2. The summed E-state index contributed by atoms with van der Waals surface area (Å²) in [5.41, 5.74) is 3.45. The molecule has 0 saturated carbocycles. The van der Waals surface area contributed by atoms with Crippen LogP contribution in [0.2, 0.25) is 0 Å². The van der Waals surface area contributed by atoms with Crippen molar-refractivity contribution in [3.63, 3.8) is 0 Å². The average Bonchev–Trinajstić information content (AvgIpc) is 2.82. The minimum Gasteiger partial charge on any atom is -0.350 e. The van der Waals surface area contributed by atoms with Crippen molar-refractivity contribution in [2.24, 2.45) is 0 Å². The van der Waals surface area contributed by atoms with Gasteiger partial charge in [-0.3, -0.25) is 0 Å². The van der Waals surface area contributed by atoms with Gasteiger partial charge in [-0.1, -0.05) is 24.3 Å². The maximum absolute atomic E-state index is 5.19. The van der Waals surface area contributed by atoms with Crippen molar-refractivity contribution in [2.75, 3.05) is 14.2 Å². The van der Waals surface area contributed by atoms with E-state index in [-0.39, 0.29) is 6.29 Å². The molecule has 18 heavy (non-hydrogen) atoms. The smallest absolute Gasteiger partial charge is 0.201 e. The molecule has 0 amide bonds. The van der Waals surface area contributed by atoms with Gasteiger partial charge in [0.2, 0.25) is 6.29 Å². The minimum atomic E-state index is -0.369. The fourth-order valence-corrected chi connectivity index (χ4v) is 2.64. The molecule has 0 aliphatic carbocycles. The van der Waals surface area contributed by atoms with Crippen LogP contribution < -0.4 is 0 Å². The highest BCUT2D eigenvalue weighted by atomic mass is 32.1. The van der Waals surface area contributed by atoms with Crippen molar-refractivity contribution in [3.05, 3.63) is 51.5 Å². The van der Waals surface area contributed by atoms with Crippen LogP contribution in [0.3, 0.4) is 0 Å². The number of methoxy groups -OCH3 is 2. The highest BCUT2D eigenvalue weighted by Crippen LogP contribution is 2.22. The zero-order valence-electron chi connectivity index (χ0n) is 10.8. The van der Waals surface area contributed by atoms with Gasteiger partial charge in [-0.2, -0.15) is 0 Å². The molecule has 0 unspecified atom stereocenters. The lowest BCUT2D eigenvalue weighted by Crippen LogP contribution is -2.04. The second-order valence-corrected chi connectivity index (χ2v) is 5.02. The first kappa shape index (κ1) is 13.2. The summed E-state index contributed by atoms with van der Waals surface area (Å²) in [6.45, 7) is 2.12. The zero-order valence-corrected chi connectivity index (χ0v) is 11.7. The molecule has 3 nitrogen and oxygen atoms in total. The summed E-state index contributed by atoms with van der Waals surface area (Å²) in [6, 6.07) is 8.37. The van der Waals surface area contributed by atoms with E-state index in [1.54, 1.807) is 25.6 Å². The Bertz CT molecular complexity index is 506. The number of benzene rings is 1. The summed E-state index contributed by atoms with van der Waals surface area (Å²) in [5, 5.41) is 3.07. The van der Waals surface area contributed by atoms with Crippen LogP contribution in [0.25, 0.3) is 0 Å². The van der Waals surface area contributed by atoms with Gasteiger partial charge < -0.3 is 9.47 Å². The molecule has 4 heteroatoms. The lowest BCUT2D eigenvalue weighted by atomic mass is 10.1. The van der Waals surface area contributed by atoms with Crippen LogP contribution in [0.4, 0.5) is 0 Å². The molecule has 0 aliphatic rings. The van der Waals surface area contributed by atoms with Crippen LogP contribution in [-0.4, -0.2) is 19.2 Å². The molecule has 0 atom stereocenters. The molecule has 0 spiro atoms. The normalized spacial score (nSPS) is 11.1.